The highest BCUT2D eigenvalue weighted by molar-refractivity contribution is 5.19. The third-order valence-electron chi connectivity index (χ3n) is 2.72. The summed E-state index contributed by atoms with van der Waals surface area (Å²) in [5, 5.41) is 3.29. The minimum Gasteiger partial charge on any atom is -0.373 e. The molecule has 2 nitrogen and oxygen atoms in total. The zero-order valence-corrected chi connectivity index (χ0v) is 8.57. The first kappa shape index (κ1) is 9.69. The Bertz CT molecular complexity index is 269. The van der Waals surface area contributed by atoms with Crippen molar-refractivity contribution in [1.29, 1.82) is 0 Å². The Morgan fingerprint density at radius 3 is 2.57 bits per heavy atom. The first-order chi connectivity index (χ1) is 6.92. The van der Waals surface area contributed by atoms with E-state index in [1.54, 1.807) is 0 Å². The molecule has 2 heteroatoms. The molecule has 0 spiro atoms. The van der Waals surface area contributed by atoms with Gasteiger partial charge in [0, 0.05) is 25.6 Å². The van der Waals surface area contributed by atoms with Crippen molar-refractivity contribution in [2.45, 2.75) is 13.0 Å². The number of hydrogen-bond acceptors (Lipinski definition) is 2. The molecule has 76 valence electrons. The van der Waals surface area contributed by atoms with Crippen LogP contribution in [0.1, 0.15) is 18.6 Å². The fourth-order valence-corrected chi connectivity index (χ4v) is 1.85. The fraction of sp³-hybridized carbons (Fsp3) is 0.500. The maximum atomic E-state index is 5.79. The first-order valence-electron chi connectivity index (χ1n) is 5.29. The van der Waals surface area contributed by atoms with Crippen LogP contribution >= 0.6 is 0 Å². The summed E-state index contributed by atoms with van der Waals surface area (Å²) in [4.78, 5) is 0. The van der Waals surface area contributed by atoms with Crippen molar-refractivity contribution >= 4 is 0 Å². The predicted octanol–water partition coefficient (Wildman–Crippen LogP) is 1.98. The van der Waals surface area contributed by atoms with Crippen molar-refractivity contribution in [1.82, 2.24) is 5.32 Å². The lowest BCUT2D eigenvalue weighted by molar-refractivity contribution is 0.000435. The summed E-state index contributed by atoms with van der Waals surface area (Å²) in [5.74, 6) is 0.650. The Kier molecular flexibility index (Phi) is 3.17. The van der Waals surface area contributed by atoms with Crippen LogP contribution < -0.4 is 5.32 Å². The van der Waals surface area contributed by atoms with Gasteiger partial charge in [0.2, 0.25) is 0 Å². The SMILES string of the molecule is CCO[C@H](c1ccccc1)C1CNC1. The van der Waals surface area contributed by atoms with Crippen molar-refractivity contribution in [3.05, 3.63) is 35.9 Å². The number of hydrogen-bond donors (Lipinski definition) is 1. The van der Waals surface area contributed by atoms with Gasteiger partial charge in [0.05, 0.1) is 6.10 Å². The summed E-state index contributed by atoms with van der Waals surface area (Å²) < 4.78 is 5.79. The highest BCUT2D eigenvalue weighted by Gasteiger charge is 2.28. The van der Waals surface area contributed by atoms with E-state index in [-0.39, 0.29) is 6.10 Å². The van der Waals surface area contributed by atoms with Crippen molar-refractivity contribution in [3.63, 3.8) is 0 Å². The molecule has 14 heavy (non-hydrogen) atoms. The Morgan fingerprint density at radius 2 is 2.07 bits per heavy atom. The van der Waals surface area contributed by atoms with E-state index in [0.717, 1.165) is 19.7 Å². The molecule has 0 amide bonds. The first-order valence-corrected chi connectivity index (χ1v) is 5.29. The molecule has 1 aliphatic heterocycles. The molecule has 1 aromatic carbocycles. The van der Waals surface area contributed by atoms with E-state index in [2.05, 4.69) is 36.5 Å². The lowest BCUT2D eigenvalue weighted by Gasteiger charge is -2.34. The summed E-state index contributed by atoms with van der Waals surface area (Å²) in [6, 6.07) is 10.5. The molecule has 1 saturated heterocycles. The van der Waals surface area contributed by atoms with Crippen molar-refractivity contribution < 1.29 is 4.74 Å². The van der Waals surface area contributed by atoms with Crippen molar-refractivity contribution in [3.8, 4) is 0 Å². The van der Waals surface area contributed by atoms with Gasteiger partial charge in [0.1, 0.15) is 0 Å². The van der Waals surface area contributed by atoms with E-state index < -0.39 is 0 Å². The summed E-state index contributed by atoms with van der Waals surface area (Å²) >= 11 is 0. The Morgan fingerprint density at radius 1 is 1.36 bits per heavy atom. The van der Waals surface area contributed by atoms with Gasteiger partial charge in [-0.05, 0) is 12.5 Å². The van der Waals surface area contributed by atoms with E-state index >= 15 is 0 Å². The molecule has 1 aliphatic rings. The monoisotopic (exact) mass is 191 g/mol. The van der Waals surface area contributed by atoms with Crippen LogP contribution in [0.5, 0.6) is 0 Å². The van der Waals surface area contributed by atoms with E-state index in [9.17, 15) is 0 Å². The van der Waals surface area contributed by atoms with Crippen LogP contribution in [0.2, 0.25) is 0 Å². The van der Waals surface area contributed by atoms with Gasteiger partial charge >= 0.3 is 0 Å². The second kappa shape index (κ2) is 4.58. The van der Waals surface area contributed by atoms with Gasteiger partial charge in [-0.1, -0.05) is 30.3 Å². The Hall–Kier alpha value is -0.860. The van der Waals surface area contributed by atoms with Crippen molar-refractivity contribution in [2.24, 2.45) is 5.92 Å². The van der Waals surface area contributed by atoms with Gasteiger partial charge in [-0.25, -0.2) is 0 Å². The third-order valence-corrected chi connectivity index (χ3v) is 2.72. The number of nitrogens with one attached hydrogen (secondary N) is 1. The van der Waals surface area contributed by atoms with Crippen LogP contribution in [0.3, 0.4) is 0 Å². The van der Waals surface area contributed by atoms with E-state index in [1.807, 2.05) is 6.07 Å². The fourth-order valence-electron chi connectivity index (χ4n) is 1.85. The number of ether oxygens (including phenoxy) is 1. The molecule has 0 aromatic heterocycles. The molecule has 0 unspecified atom stereocenters. The van der Waals surface area contributed by atoms with Crippen LogP contribution in [0.4, 0.5) is 0 Å². The third kappa shape index (κ3) is 1.97. The molecule has 1 fully saturated rings. The zero-order valence-electron chi connectivity index (χ0n) is 8.57. The summed E-state index contributed by atoms with van der Waals surface area (Å²) in [6.45, 7) is 5.01. The standard InChI is InChI=1S/C12H17NO/c1-2-14-12(11-8-13-9-11)10-6-4-3-5-7-10/h3-7,11-13H,2,8-9H2,1H3/t12-/m1/s1. The van der Waals surface area contributed by atoms with Crippen LogP contribution in [0, 0.1) is 5.92 Å². The summed E-state index contributed by atoms with van der Waals surface area (Å²) in [5.41, 5.74) is 1.31. The smallest absolute Gasteiger partial charge is 0.0877 e. The second-order valence-corrected chi connectivity index (χ2v) is 3.70. The predicted molar refractivity (Wildman–Crippen MR) is 57.2 cm³/mol. The normalized spacial score (nSPS) is 18.9. The van der Waals surface area contributed by atoms with Crippen LogP contribution in [-0.4, -0.2) is 19.7 Å². The van der Waals surface area contributed by atoms with Crippen molar-refractivity contribution in [2.75, 3.05) is 19.7 Å². The van der Waals surface area contributed by atoms with Crippen LogP contribution in [0.25, 0.3) is 0 Å². The average molecular weight is 191 g/mol. The van der Waals surface area contributed by atoms with E-state index in [4.69, 9.17) is 4.74 Å². The summed E-state index contributed by atoms with van der Waals surface area (Å²) in [7, 11) is 0. The molecule has 1 aromatic rings. The topological polar surface area (TPSA) is 21.3 Å². The van der Waals surface area contributed by atoms with Gasteiger partial charge < -0.3 is 10.1 Å². The highest BCUT2D eigenvalue weighted by atomic mass is 16.5. The molecule has 0 radical (unpaired) electrons. The Labute approximate surface area is 85.3 Å². The molecule has 2 rings (SSSR count). The van der Waals surface area contributed by atoms with Gasteiger partial charge in [-0.15, -0.1) is 0 Å². The zero-order chi connectivity index (χ0) is 9.80. The minimum atomic E-state index is 0.280. The molecule has 1 heterocycles. The maximum absolute atomic E-state index is 5.79. The van der Waals surface area contributed by atoms with Gasteiger partial charge in [-0.2, -0.15) is 0 Å². The molecular weight excluding hydrogens is 174 g/mol. The van der Waals surface area contributed by atoms with Crippen LogP contribution in [-0.2, 0) is 4.74 Å². The van der Waals surface area contributed by atoms with Gasteiger partial charge in [-0.3, -0.25) is 0 Å². The molecule has 1 N–H and O–H groups in total. The highest BCUT2D eigenvalue weighted by Crippen LogP contribution is 2.28. The van der Waals surface area contributed by atoms with Gasteiger partial charge in [0.25, 0.3) is 0 Å². The lowest BCUT2D eigenvalue weighted by Crippen LogP contribution is -2.45. The quantitative estimate of drug-likeness (QED) is 0.785. The van der Waals surface area contributed by atoms with E-state index in [0.29, 0.717) is 5.92 Å². The Balaban J connectivity index is 2.09. The molecule has 0 bridgehead atoms. The lowest BCUT2D eigenvalue weighted by atomic mass is 9.91. The van der Waals surface area contributed by atoms with Gasteiger partial charge in [0.15, 0.2) is 0 Å². The van der Waals surface area contributed by atoms with Crippen LogP contribution in [0.15, 0.2) is 30.3 Å². The second-order valence-electron chi connectivity index (χ2n) is 3.70. The molecule has 0 aliphatic carbocycles. The number of benzene rings is 1. The van der Waals surface area contributed by atoms with E-state index in [1.165, 1.54) is 5.56 Å². The summed E-state index contributed by atoms with van der Waals surface area (Å²) in [6.07, 6.45) is 0.280. The largest absolute Gasteiger partial charge is 0.373 e. The molecule has 0 saturated carbocycles. The maximum Gasteiger partial charge on any atom is 0.0877 e. The minimum absolute atomic E-state index is 0.280. The average Bonchev–Trinajstić information content (AvgIpc) is 2.16. The number of rotatable bonds is 4. The molecular formula is C12H17NO. The molecule has 1 atom stereocenters.